The van der Waals surface area contributed by atoms with E-state index in [0.29, 0.717) is 42.6 Å². The van der Waals surface area contributed by atoms with Crippen LogP contribution in [0.4, 0.5) is 14.9 Å². The number of amides is 3. The van der Waals surface area contributed by atoms with Gasteiger partial charge in [-0.25, -0.2) is 9.18 Å². The predicted molar refractivity (Wildman–Crippen MR) is 110 cm³/mol. The summed E-state index contributed by atoms with van der Waals surface area (Å²) in [5.41, 5.74) is 0.622. The number of urea groups is 1. The van der Waals surface area contributed by atoms with E-state index < -0.39 is 0 Å². The Morgan fingerprint density at radius 3 is 2.77 bits per heavy atom. The molecule has 9 heteroatoms. The zero-order valence-electron chi connectivity index (χ0n) is 16.3. The third kappa shape index (κ3) is 4.48. The number of carbonyl (C=O) groups excluding carboxylic acids is 2. The van der Waals surface area contributed by atoms with E-state index in [2.05, 4.69) is 4.98 Å². The fraction of sp³-hybridized carbons (Fsp3) is 0.381. The third-order valence-corrected chi connectivity index (χ3v) is 5.60. The summed E-state index contributed by atoms with van der Waals surface area (Å²) in [6.45, 7) is 2.00. The lowest BCUT2D eigenvalue weighted by atomic mass is 10.1. The zero-order chi connectivity index (χ0) is 21.1. The van der Waals surface area contributed by atoms with Crippen molar-refractivity contribution in [2.75, 3.05) is 37.6 Å². The summed E-state index contributed by atoms with van der Waals surface area (Å²) in [5.74, 6) is 0.0846. The van der Waals surface area contributed by atoms with Crippen molar-refractivity contribution in [2.45, 2.75) is 18.9 Å². The Hall–Kier alpha value is -2.87. The number of anilines is 1. The zero-order valence-corrected chi connectivity index (χ0v) is 17.1. The van der Waals surface area contributed by atoms with Crippen LogP contribution < -0.4 is 9.64 Å². The first-order chi connectivity index (χ1) is 14.5. The largest absolute Gasteiger partial charge is 0.487 e. The monoisotopic (exact) mass is 432 g/mol. The number of hydrogen-bond donors (Lipinski definition) is 0. The molecule has 0 aliphatic carbocycles. The average molecular weight is 433 g/mol. The molecule has 2 fully saturated rings. The molecule has 0 bridgehead atoms. The molecule has 2 aliphatic heterocycles. The standard InChI is InChI=1S/C21H22ClFN4O3/c22-18-12-24-8-7-19(18)30-17-2-1-9-25(13-17)20(28)14-26-10-11-27(21(26)29)16-5-3-15(23)4-6-16/h3-8,12,17H,1-2,9-11,13-14H2. The van der Waals surface area contributed by atoms with E-state index in [1.165, 1.54) is 23.2 Å². The van der Waals surface area contributed by atoms with Crippen LogP contribution in [-0.4, -0.2) is 65.5 Å². The molecule has 7 nitrogen and oxygen atoms in total. The molecule has 2 aromatic rings. The minimum atomic E-state index is -0.354. The number of pyridine rings is 1. The molecule has 0 N–H and O–H groups in total. The molecule has 1 unspecified atom stereocenters. The second-order valence-electron chi connectivity index (χ2n) is 7.36. The topological polar surface area (TPSA) is 66.0 Å². The molecular formula is C21H22ClFN4O3. The van der Waals surface area contributed by atoms with Crippen LogP contribution in [0.1, 0.15) is 12.8 Å². The van der Waals surface area contributed by atoms with Crippen molar-refractivity contribution in [3.8, 4) is 5.75 Å². The second-order valence-corrected chi connectivity index (χ2v) is 7.77. The van der Waals surface area contributed by atoms with Gasteiger partial charge in [0, 0.05) is 43.8 Å². The van der Waals surface area contributed by atoms with Gasteiger partial charge in [0.1, 0.15) is 29.2 Å². The number of rotatable bonds is 5. The predicted octanol–water partition coefficient (Wildman–Crippen LogP) is 3.19. The Morgan fingerprint density at radius 2 is 2.00 bits per heavy atom. The van der Waals surface area contributed by atoms with Crippen LogP contribution in [0.3, 0.4) is 0 Å². The molecule has 30 heavy (non-hydrogen) atoms. The van der Waals surface area contributed by atoms with Gasteiger partial charge in [0.05, 0.1) is 6.54 Å². The van der Waals surface area contributed by atoms with Gasteiger partial charge in [-0.3, -0.25) is 14.7 Å². The van der Waals surface area contributed by atoms with Crippen LogP contribution in [0.25, 0.3) is 0 Å². The van der Waals surface area contributed by atoms with Crippen molar-refractivity contribution in [1.82, 2.24) is 14.8 Å². The Kier molecular flexibility index (Phi) is 6.03. The first kappa shape index (κ1) is 20.4. The molecule has 1 aromatic heterocycles. The normalized spacial score (nSPS) is 19.3. The fourth-order valence-corrected chi connectivity index (χ4v) is 3.92. The van der Waals surface area contributed by atoms with Crippen LogP contribution in [-0.2, 0) is 4.79 Å². The van der Waals surface area contributed by atoms with Crippen molar-refractivity contribution in [1.29, 1.82) is 0 Å². The number of hydrogen-bond acceptors (Lipinski definition) is 4. The molecule has 2 aliphatic rings. The smallest absolute Gasteiger partial charge is 0.325 e. The summed E-state index contributed by atoms with van der Waals surface area (Å²) in [6, 6.07) is 7.22. The maximum Gasteiger partial charge on any atom is 0.325 e. The van der Waals surface area contributed by atoms with Gasteiger partial charge in [-0.2, -0.15) is 0 Å². The SMILES string of the molecule is O=C(CN1CCN(c2ccc(F)cc2)C1=O)N1CCCC(Oc2ccncc2Cl)C1. The lowest BCUT2D eigenvalue weighted by Crippen LogP contribution is -2.48. The summed E-state index contributed by atoms with van der Waals surface area (Å²) in [7, 11) is 0. The van der Waals surface area contributed by atoms with Gasteiger partial charge < -0.3 is 14.5 Å². The first-order valence-corrected chi connectivity index (χ1v) is 10.2. The number of ether oxygens (including phenoxy) is 1. The van der Waals surface area contributed by atoms with Crippen molar-refractivity contribution >= 4 is 29.2 Å². The molecule has 0 spiro atoms. The maximum atomic E-state index is 13.1. The lowest BCUT2D eigenvalue weighted by molar-refractivity contribution is -0.134. The average Bonchev–Trinajstić information content (AvgIpc) is 3.11. The summed E-state index contributed by atoms with van der Waals surface area (Å²) < 4.78 is 19.1. The minimum Gasteiger partial charge on any atom is -0.487 e. The van der Waals surface area contributed by atoms with Crippen molar-refractivity contribution in [3.05, 3.63) is 53.6 Å². The second kappa shape index (κ2) is 8.87. The highest BCUT2D eigenvalue weighted by Gasteiger charge is 2.33. The van der Waals surface area contributed by atoms with Crippen molar-refractivity contribution in [2.24, 2.45) is 0 Å². The Bertz CT molecular complexity index is 927. The Labute approximate surface area is 179 Å². The van der Waals surface area contributed by atoms with E-state index in [0.717, 1.165) is 12.8 Å². The van der Waals surface area contributed by atoms with E-state index in [1.54, 1.807) is 34.2 Å². The molecule has 3 heterocycles. The molecule has 0 saturated carbocycles. The summed E-state index contributed by atoms with van der Waals surface area (Å²) in [5, 5.41) is 0.435. The van der Waals surface area contributed by atoms with Gasteiger partial charge >= 0.3 is 6.03 Å². The quantitative estimate of drug-likeness (QED) is 0.727. The summed E-state index contributed by atoms with van der Waals surface area (Å²) in [6.07, 6.45) is 4.61. The molecule has 158 valence electrons. The minimum absolute atomic E-state index is 0.0132. The van der Waals surface area contributed by atoms with Gasteiger partial charge in [-0.05, 0) is 37.1 Å². The molecule has 1 aromatic carbocycles. The number of aromatic nitrogens is 1. The highest BCUT2D eigenvalue weighted by atomic mass is 35.5. The Morgan fingerprint density at radius 1 is 1.20 bits per heavy atom. The molecule has 2 saturated heterocycles. The van der Waals surface area contributed by atoms with E-state index in [-0.39, 0.29) is 30.4 Å². The number of nitrogens with zero attached hydrogens (tertiary/aromatic N) is 4. The van der Waals surface area contributed by atoms with Gasteiger partial charge in [-0.15, -0.1) is 0 Å². The van der Waals surface area contributed by atoms with Gasteiger partial charge in [0.25, 0.3) is 0 Å². The number of likely N-dealkylation sites (tertiary alicyclic amines) is 1. The highest BCUT2D eigenvalue weighted by molar-refractivity contribution is 6.31. The van der Waals surface area contributed by atoms with Crippen LogP contribution in [0.15, 0.2) is 42.7 Å². The van der Waals surface area contributed by atoms with Crippen molar-refractivity contribution in [3.63, 3.8) is 0 Å². The Balaban J connectivity index is 1.34. The van der Waals surface area contributed by atoms with E-state index >= 15 is 0 Å². The molecule has 3 amide bonds. The number of benzene rings is 1. The fourth-order valence-electron chi connectivity index (χ4n) is 3.75. The first-order valence-electron chi connectivity index (χ1n) is 9.87. The van der Waals surface area contributed by atoms with Crippen LogP contribution in [0, 0.1) is 5.82 Å². The molecular weight excluding hydrogens is 411 g/mol. The van der Waals surface area contributed by atoms with Crippen LogP contribution >= 0.6 is 11.6 Å². The van der Waals surface area contributed by atoms with Crippen molar-refractivity contribution < 1.29 is 18.7 Å². The van der Waals surface area contributed by atoms with Gasteiger partial charge in [0.2, 0.25) is 5.91 Å². The van der Waals surface area contributed by atoms with E-state index in [4.69, 9.17) is 16.3 Å². The van der Waals surface area contributed by atoms with E-state index in [1.807, 2.05) is 0 Å². The lowest BCUT2D eigenvalue weighted by Gasteiger charge is -2.34. The maximum absolute atomic E-state index is 13.1. The number of halogens is 2. The highest BCUT2D eigenvalue weighted by Crippen LogP contribution is 2.26. The third-order valence-electron chi connectivity index (χ3n) is 5.32. The summed E-state index contributed by atoms with van der Waals surface area (Å²) in [4.78, 5) is 34.3. The molecule has 0 radical (unpaired) electrons. The van der Waals surface area contributed by atoms with Gasteiger partial charge in [0.15, 0.2) is 0 Å². The van der Waals surface area contributed by atoms with Crippen LogP contribution in [0.2, 0.25) is 5.02 Å². The number of piperidine rings is 1. The van der Waals surface area contributed by atoms with Crippen LogP contribution in [0.5, 0.6) is 5.75 Å². The molecule has 4 rings (SSSR count). The van der Waals surface area contributed by atoms with E-state index in [9.17, 15) is 14.0 Å². The summed E-state index contributed by atoms with van der Waals surface area (Å²) >= 11 is 6.11. The number of carbonyl (C=O) groups is 2. The molecule has 1 atom stereocenters. The van der Waals surface area contributed by atoms with Gasteiger partial charge in [-0.1, -0.05) is 11.6 Å².